The number of rotatable bonds is 2. The number of amides is 1. The summed E-state index contributed by atoms with van der Waals surface area (Å²) < 4.78 is 0. The Hall–Kier alpha value is -1.35. The maximum atomic E-state index is 11.7. The third-order valence-corrected chi connectivity index (χ3v) is 3.00. The lowest BCUT2D eigenvalue weighted by Crippen LogP contribution is -2.37. The first-order valence-electron chi connectivity index (χ1n) is 4.76. The Morgan fingerprint density at radius 1 is 1.43 bits per heavy atom. The number of aliphatic hydroxyl groups excluding tert-OH is 1. The highest BCUT2D eigenvalue weighted by molar-refractivity contribution is 6.06. The number of aliphatic hydroxyl groups is 1. The van der Waals surface area contributed by atoms with Crippen LogP contribution in [-0.4, -0.2) is 17.6 Å². The Labute approximate surface area is 82.8 Å². The molecule has 0 radical (unpaired) electrons. The monoisotopic (exact) mass is 191 g/mol. The minimum Gasteiger partial charge on any atom is -0.395 e. The second-order valence-electron chi connectivity index (χ2n) is 3.59. The number of carbonyl (C=O) groups is 1. The first-order chi connectivity index (χ1) is 6.74. The molecule has 1 amide bonds. The molecule has 2 rings (SSSR count). The summed E-state index contributed by atoms with van der Waals surface area (Å²) in [6, 6.07) is 7.52. The van der Waals surface area contributed by atoms with Gasteiger partial charge in [0.2, 0.25) is 5.91 Å². The van der Waals surface area contributed by atoms with Gasteiger partial charge in [-0.25, -0.2) is 0 Å². The number of para-hydroxylation sites is 1. The largest absolute Gasteiger partial charge is 0.395 e. The topological polar surface area (TPSA) is 49.3 Å². The predicted molar refractivity (Wildman–Crippen MR) is 54.1 cm³/mol. The van der Waals surface area contributed by atoms with Gasteiger partial charge in [-0.1, -0.05) is 25.1 Å². The molecule has 1 atom stereocenters. The van der Waals surface area contributed by atoms with Crippen LogP contribution in [0.2, 0.25) is 0 Å². The summed E-state index contributed by atoms with van der Waals surface area (Å²) in [5.74, 6) is -0.0938. The van der Waals surface area contributed by atoms with Gasteiger partial charge >= 0.3 is 0 Å². The van der Waals surface area contributed by atoms with Crippen molar-refractivity contribution in [2.45, 2.75) is 18.8 Å². The second-order valence-corrected chi connectivity index (χ2v) is 3.59. The zero-order valence-electron chi connectivity index (χ0n) is 8.08. The van der Waals surface area contributed by atoms with Crippen molar-refractivity contribution in [2.24, 2.45) is 0 Å². The highest BCUT2D eigenvalue weighted by Crippen LogP contribution is 2.39. The maximum Gasteiger partial charge on any atom is 0.237 e. The molecule has 0 aliphatic carbocycles. The number of carbonyl (C=O) groups excluding carboxylic acids is 1. The third-order valence-electron chi connectivity index (χ3n) is 3.00. The number of nitrogens with one attached hydrogen (secondary N) is 1. The summed E-state index contributed by atoms with van der Waals surface area (Å²) in [6.45, 7) is 1.78. The van der Waals surface area contributed by atoms with E-state index < -0.39 is 5.41 Å². The van der Waals surface area contributed by atoms with Gasteiger partial charge in [-0.05, 0) is 18.1 Å². The fourth-order valence-corrected chi connectivity index (χ4v) is 1.99. The highest BCUT2D eigenvalue weighted by Gasteiger charge is 2.44. The molecule has 0 saturated heterocycles. The van der Waals surface area contributed by atoms with E-state index in [9.17, 15) is 9.90 Å². The van der Waals surface area contributed by atoms with Crippen LogP contribution in [-0.2, 0) is 10.2 Å². The molecule has 3 heteroatoms. The van der Waals surface area contributed by atoms with Crippen LogP contribution >= 0.6 is 0 Å². The average molecular weight is 191 g/mol. The predicted octanol–water partition coefficient (Wildman–Crippen LogP) is 1.28. The van der Waals surface area contributed by atoms with E-state index >= 15 is 0 Å². The van der Waals surface area contributed by atoms with Crippen molar-refractivity contribution in [1.29, 1.82) is 0 Å². The molecule has 0 aromatic heterocycles. The van der Waals surface area contributed by atoms with Crippen molar-refractivity contribution < 1.29 is 9.90 Å². The van der Waals surface area contributed by atoms with Crippen LogP contribution in [0.15, 0.2) is 24.3 Å². The maximum absolute atomic E-state index is 11.7. The Bertz CT molecular complexity index is 369. The molecule has 1 heterocycles. The molecular weight excluding hydrogens is 178 g/mol. The van der Waals surface area contributed by atoms with Crippen LogP contribution in [0.5, 0.6) is 0 Å². The number of benzene rings is 1. The van der Waals surface area contributed by atoms with E-state index in [-0.39, 0.29) is 12.5 Å². The smallest absolute Gasteiger partial charge is 0.237 e. The van der Waals surface area contributed by atoms with Crippen molar-refractivity contribution in [3.8, 4) is 0 Å². The standard InChI is InChI=1S/C11H13NO2/c1-2-11(7-13)8-5-3-4-6-9(8)12-10(11)14/h3-6,13H,2,7H2,1H3,(H,12,14). The lowest BCUT2D eigenvalue weighted by molar-refractivity contribution is -0.122. The van der Waals surface area contributed by atoms with Gasteiger partial charge in [-0.15, -0.1) is 0 Å². The zero-order valence-corrected chi connectivity index (χ0v) is 8.08. The van der Waals surface area contributed by atoms with E-state index in [1.54, 1.807) is 0 Å². The van der Waals surface area contributed by atoms with E-state index in [1.165, 1.54) is 0 Å². The summed E-state index contributed by atoms with van der Waals surface area (Å²) in [6.07, 6.45) is 0.617. The molecule has 2 N–H and O–H groups in total. The molecular formula is C11H13NO2. The van der Waals surface area contributed by atoms with Crippen LogP contribution in [0.4, 0.5) is 5.69 Å². The van der Waals surface area contributed by atoms with Crippen molar-refractivity contribution in [3.63, 3.8) is 0 Å². The third kappa shape index (κ3) is 0.990. The lowest BCUT2D eigenvalue weighted by Gasteiger charge is -2.22. The Kier molecular flexibility index (Phi) is 2.04. The molecule has 1 aliphatic rings. The van der Waals surface area contributed by atoms with Crippen molar-refractivity contribution in [2.75, 3.05) is 11.9 Å². The first-order valence-corrected chi connectivity index (χ1v) is 4.76. The van der Waals surface area contributed by atoms with Gasteiger partial charge in [0.25, 0.3) is 0 Å². The van der Waals surface area contributed by atoms with Gasteiger partial charge in [0.1, 0.15) is 0 Å². The fourth-order valence-electron chi connectivity index (χ4n) is 1.99. The first kappa shape index (κ1) is 9.21. The summed E-state index contributed by atoms with van der Waals surface area (Å²) >= 11 is 0. The summed E-state index contributed by atoms with van der Waals surface area (Å²) in [4.78, 5) is 11.7. The molecule has 74 valence electrons. The average Bonchev–Trinajstić information content (AvgIpc) is 2.50. The van der Waals surface area contributed by atoms with Crippen LogP contribution in [0.25, 0.3) is 0 Å². The van der Waals surface area contributed by atoms with Gasteiger partial charge in [0.05, 0.1) is 12.0 Å². The number of hydrogen-bond acceptors (Lipinski definition) is 2. The van der Waals surface area contributed by atoms with Gasteiger partial charge in [-0.2, -0.15) is 0 Å². The van der Waals surface area contributed by atoms with E-state index in [2.05, 4.69) is 5.32 Å². The summed E-state index contributed by atoms with van der Waals surface area (Å²) in [5, 5.41) is 12.2. The van der Waals surface area contributed by atoms with Crippen LogP contribution in [0.3, 0.4) is 0 Å². The number of anilines is 1. The highest BCUT2D eigenvalue weighted by atomic mass is 16.3. The van der Waals surface area contributed by atoms with E-state index in [4.69, 9.17) is 0 Å². The van der Waals surface area contributed by atoms with Crippen molar-refractivity contribution >= 4 is 11.6 Å². The molecule has 1 aliphatic heterocycles. The molecule has 0 spiro atoms. The molecule has 0 bridgehead atoms. The van der Waals surface area contributed by atoms with Crippen molar-refractivity contribution in [1.82, 2.24) is 0 Å². The summed E-state index contributed by atoms with van der Waals surface area (Å²) in [7, 11) is 0. The van der Waals surface area contributed by atoms with Gasteiger partial charge < -0.3 is 10.4 Å². The van der Waals surface area contributed by atoms with Gasteiger partial charge in [-0.3, -0.25) is 4.79 Å². The second kappa shape index (κ2) is 3.10. The van der Waals surface area contributed by atoms with Crippen LogP contribution in [0, 0.1) is 0 Å². The van der Waals surface area contributed by atoms with E-state index in [0.29, 0.717) is 6.42 Å². The normalized spacial score (nSPS) is 24.6. The van der Waals surface area contributed by atoms with E-state index in [1.807, 2.05) is 31.2 Å². The minimum absolute atomic E-state index is 0.0938. The van der Waals surface area contributed by atoms with Crippen molar-refractivity contribution in [3.05, 3.63) is 29.8 Å². The Morgan fingerprint density at radius 2 is 2.14 bits per heavy atom. The number of hydrogen-bond donors (Lipinski definition) is 2. The lowest BCUT2D eigenvalue weighted by atomic mass is 9.80. The molecule has 1 unspecified atom stereocenters. The molecule has 14 heavy (non-hydrogen) atoms. The number of fused-ring (bicyclic) bond motifs is 1. The molecule has 3 nitrogen and oxygen atoms in total. The quantitative estimate of drug-likeness (QED) is 0.739. The fraction of sp³-hybridized carbons (Fsp3) is 0.364. The molecule has 0 saturated carbocycles. The van der Waals surface area contributed by atoms with Crippen LogP contribution < -0.4 is 5.32 Å². The Balaban J connectivity index is 2.58. The molecule has 1 aromatic carbocycles. The van der Waals surface area contributed by atoms with Crippen LogP contribution in [0.1, 0.15) is 18.9 Å². The Morgan fingerprint density at radius 3 is 2.79 bits per heavy atom. The molecule has 1 aromatic rings. The zero-order chi connectivity index (χ0) is 10.2. The van der Waals surface area contributed by atoms with Gasteiger partial charge in [0, 0.05) is 5.69 Å². The molecule has 0 fully saturated rings. The summed E-state index contributed by atoms with van der Waals surface area (Å²) in [5.41, 5.74) is 1.01. The van der Waals surface area contributed by atoms with Gasteiger partial charge in [0.15, 0.2) is 0 Å². The van der Waals surface area contributed by atoms with E-state index in [0.717, 1.165) is 11.3 Å². The SMILES string of the molecule is CCC1(CO)C(=O)Nc2ccccc21. The minimum atomic E-state index is -0.726.